The van der Waals surface area contributed by atoms with Crippen molar-refractivity contribution in [1.29, 1.82) is 0 Å². The van der Waals surface area contributed by atoms with Gasteiger partial charge in [-0.25, -0.2) is 0 Å². The van der Waals surface area contributed by atoms with Gasteiger partial charge in [0, 0.05) is 0 Å². The molecule has 0 rings (SSSR count). The van der Waals surface area contributed by atoms with Crippen molar-refractivity contribution in [2.24, 2.45) is 0 Å². The van der Waals surface area contributed by atoms with Crippen LogP contribution in [0, 0.1) is 0 Å². The van der Waals surface area contributed by atoms with E-state index in [0.29, 0.717) is 0 Å². The molecule has 0 aromatic carbocycles. The smallest absolute Gasteiger partial charge is 0.0332 e. The largest absolute Gasteiger partial charge is 0.0918 e. The summed E-state index contributed by atoms with van der Waals surface area (Å²) in [5.41, 5.74) is 1.98. The second-order valence-corrected chi connectivity index (χ2v) is 2.48. The quantitative estimate of drug-likeness (QED) is 0.549. The zero-order valence-electron chi connectivity index (χ0n) is 7.88. The van der Waals surface area contributed by atoms with Crippen LogP contribution in [-0.2, 0) is 0 Å². The van der Waals surface area contributed by atoms with Crippen molar-refractivity contribution in [2.75, 3.05) is 0 Å². The molecule has 0 fully saturated rings. The summed E-state index contributed by atoms with van der Waals surface area (Å²) >= 11 is 0. The molecule has 0 saturated heterocycles. The van der Waals surface area contributed by atoms with Gasteiger partial charge in [0.2, 0.25) is 0 Å². The maximum atomic E-state index is 3.84. The molecular formula is C12H16. The van der Waals surface area contributed by atoms with E-state index in [0.717, 1.165) is 11.1 Å². The SMILES string of the molecule is C=C(/C=C\C(=C)/C=C/C)/C=C/C. The van der Waals surface area contributed by atoms with Gasteiger partial charge in [0.1, 0.15) is 0 Å². The Hall–Kier alpha value is -1.30. The zero-order valence-corrected chi connectivity index (χ0v) is 7.88. The Labute approximate surface area is 75.3 Å². The molecule has 0 radical (unpaired) electrons. The van der Waals surface area contributed by atoms with Gasteiger partial charge < -0.3 is 0 Å². The van der Waals surface area contributed by atoms with Crippen LogP contribution in [0.5, 0.6) is 0 Å². The average Bonchev–Trinajstić information content (AvgIpc) is 2.02. The summed E-state index contributed by atoms with van der Waals surface area (Å²) in [6, 6.07) is 0. The topological polar surface area (TPSA) is 0 Å². The molecule has 0 aromatic rings. The maximum Gasteiger partial charge on any atom is -0.0332 e. The molecule has 0 aliphatic carbocycles. The van der Waals surface area contributed by atoms with Gasteiger partial charge in [0.15, 0.2) is 0 Å². The molecule has 0 heteroatoms. The van der Waals surface area contributed by atoms with Crippen molar-refractivity contribution in [1.82, 2.24) is 0 Å². The summed E-state index contributed by atoms with van der Waals surface area (Å²) in [4.78, 5) is 0. The van der Waals surface area contributed by atoms with Crippen LogP contribution >= 0.6 is 0 Å². The first-order chi connectivity index (χ1) is 5.70. The lowest BCUT2D eigenvalue weighted by Gasteiger charge is -1.89. The van der Waals surface area contributed by atoms with Crippen molar-refractivity contribution in [3.8, 4) is 0 Å². The molecule has 0 atom stereocenters. The predicted octanol–water partition coefficient (Wildman–Crippen LogP) is 3.81. The van der Waals surface area contributed by atoms with E-state index in [1.54, 1.807) is 0 Å². The first-order valence-electron chi connectivity index (χ1n) is 4.02. The van der Waals surface area contributed by atoms with Gasteiger partial charge in [-0.3, -0.25) is 0 Å². The first kappa shape index (κ1) is 10.7. The fourth-order valence-corrected chi connectivity index (χ4v) is 0.753. The lowest BCUT2D eigenvalue weighted by atomic mass is 10.2. The van der Waals surface area contributed by atoms with Crippen LogP contribution in [0.15, 0.2) is 60.8 Å². The Morgan fingerprint density at radius 1 is 0.750 bits per heavy atom. The van der Waals surface area contributed by atoms with Gasteiger partial charge in [0.25, 0.3) is 0 Å². The van der Waals surface area contributed by atoms with E-state index in [4.69, 9.17) is 0 Å². The van der Waals surface area contributed by atoms with Crippen molar-refractivity contribution in [2.45, 2.75) is 13.8 Å². The molecule has 0 saturated carbocycles. The minimum absolute atomic E-state index is 0.989. The minimum Gasteiger partial charge on any atom is -0.0918 e. The lowest BCUT2D eigenvalue weighted by Crippen LogP contribution is -1.68. The number of allylic oxidation sites excluding steroid dienone is 8. The van der Waals surface area contributed by atoms with Crippen LogP contribution < -0.4 is 0 Å². The Balaban J connectivity index is 4.07. The van der Waals surface area contributed by atoms with E-state index in [1.807, 2.05) is 50.3 Å². The van der Waals surface area contributed by atoms with Gasteiger partial charge >= 0.3 is 0 Å². The van der Waals surface area contributed by atoms with Gasteiger partial charge in [-0.15, -0.1) is 0 Å². The maximum absolute atomic E-state index is 3.84. The van der Waals surface area contributed by atoms with Crippen molar-refractivity contribution < 1.29 is 0 Å². The van der Waals surface area contributed by atoms with E-state index in [9.17, 15) is 0 Å². The molecule has 0 amide bonds. The Bertz CT molecular complexity index is 211. The summed E-state index contributed by atoms with van der Waals surface area (Å²) in [6.45, 7) is 11.6. The Kier molecular flexibility index (Phi) is 5.72. The van der Waals surface area contributed by atoms with E-state index < -0.39 is 0 Å². The van der Waals surface area contributed by atoms with E-state index in [1.165, 1.54) is 0 Å². The molecule has 0 aromatic heterocycles. The summed E-state index contributed by atoms with van der Waals surface area (Å²) in [5, 5.41) is 0. The second-order valence-electron chi connectivity index (χ2n) is 2.48. The fourth-order valence-electron chi connectivity index (χ4n) is 0.753. The molecule has 64 valence electrons. The first-order valence-corrected chi connectivity index (χ1v) is 4.02. The minimum atomic E-state index is 0.989. The second kappa shape index (κ2) is 6.41. The van der Waals surface area contributed by atoms with Crippen LogP contribution in [0.25, 0.3) is 0 Å². The van der Waals surface area contributed by atoms with Crippen LogP contribution in [-0.4, -0.2) is 0 Å². The molecule has 0 N–H and O–H groups in total. The molecule has 0 bridgehead atoms. The molecule has 0 nitrogen and oxygen atoms in total. The third-order valence-electron chi connectivity index (χ3n) is 1.27. The van der Waals surface area contributed by atoms with Gasteiger partial charge in [-0.05, 0) is 25.0 Å². The zero-order chi connectivity index (χ0) is 9.40. The van der Waals surface area contributed by atoms with E-state index in [2.05, 4.69) is 13.2 Å². The average molecular weight is 160 g/mol. The summed E-state index contributed by atoms with van der Waals surface area (Å²) in [5.74, 6) is 0. The predicted molar refractivity (Wildman–Crippen MR) is 57.0 cm³/mol. The van der Waals surface area contributed by atoms with Crippen LogP contribution in [0.3, 0.4) is 0 Å². The molecular weight excluding hydrogens is 144 g/mol. The number of rotatable bonds is 4. The summed E-state index contributed by atoms with van der Waals surface area (Å²) < 4.78 is 0. The van der Waals surface area contributed by atoms with Crippen molar-refractivity contribution in [3.05, 3.63) is 60.8 Å². The number of hydrogen-bond donors (Lipinski definition) is 0. The standard InChI is InChI=1S/C12H16/c1-5-7-11(3)9-10-12(4)8-6-2/h5-10H,3-4H2,1-2H3/b7-5+,8-6+,10-9-. The van der Waals surface area contributed by atoms with Crippen molar-refractivity contribution in [3.63, 3.8) is 0 Å². The molecule has 0 aliphatic rings. The Morgan fingerprint density at radius 2 is 1.08 bits per heavy atom. The van der Waals surface area contributed by atoms with Crippen molar-refractivity contribution >= 4 is 0 Å². The normalized spacial score (nSPS) is 11.8. The third-order valence-corrected chi connectivity index (χ3v) is 1.27. The lowest BCUT2D eigenvalue weighted by molar-refractivity contribution is 1.61. The molecule has 12 heavy (non-hydrogen) atoms. The summed E-state index contributed by atoms with van der Waals surface area (Å²) in [6.07, 6.45) is 11.7. The van der Waals surface area contributed by atoms with Gasteiger partial charge in [0.05, 0.1) is 0 Å². The van der Waals surface area contributed by atoms with Crippen LogP contribution in [0.1, 0.15) is 13.8 Å². The molecule has 0 aliphatic heterocycles. The Morgan fingerprint density at radius 3 is 1.33 bits per heavy atom. The third kappa shape index (κ3) is 5.48. The number of hydrogen-bond acceptors (Lipinski definition) is 0. The molecule has 0 spiro atoms. The highest BCUT2D eigenvalue weighted by Gasteiger charge is 1.80. The highest BCUT2D eigenvalue weighted by atomic mass is 13.9. The van der Waals surface area contributed by atoms with E-state index >= 15 is 0 Å². The van der Waals surface area contributed by atoms with E-state index in [-0.39, 0.29) is 0 Å². The monoisotopic (exact) mass is 160 g/mol. The van der Waals surface area contributed by atoms with Gasteiger partial charge in [-0.1, -0.05) is 49.6 Å². The molecule has 0 heterocycles. The summed E-state index contributed by atoms with van der Waals surface area (Å²) in [7, 11) is 0. The fraction of sp³-hybridized carbons (Fsp3) is 0.167. The van der Waals surface area contributed by atoms with Crippen LogP contribution in [0.2, 0.25) is 0 Å². The van der Waals surface area contributed by atoms with Crippen LogP contribution in [0.4, 0.5) is 0 Å². The van der Waals surface area contributed by atoms with Gasteiger partial charge in [-0.2, -0.15) is 0 Å². The highest BCUT2D eigenvalue weighted by molar-refractivity contribution is 5.35. The highest BCUT2D eigenvalue weighted by Crippen LogP contribution is 2.00. The molecule has 0 unspecified atom stereocenters.